The van der Waals surface area contributed by atoms with Crippen LogP contribution in [0.1, 0.15) is 93.3 Å². The molecule has 1 aromatic rings. The highest BCUT2D eigenvalue weighted by atomic mass is 16.3. The lowest BCUT2D eigenvalue weighted by Gasteiger charge is -2.41. The van der Waals surface area contributed by atoms with Crippen molar-refractivity contribution in [3.63, 3.8) is 0 Å². The van der Waals surface area contributed by atoms with Gasteiger partial charge in [-0.25, -0.2) is 0 Å². The van der Waals surface area contributed by atoms with Crippen LogP contribution in [0.5, 0.6) is 0 Å². The molecule has 3 heterocycles. The molecule has 1 aromatic heterocycles. The second kappa shape index (κ2) is 15.4. The standard InChI is InChI=1S/C35H57N5O5/c1-23(2)29(21-25(5)32(42)40-19-13-17-28(40)33(43)37(9)22-26-15-14-20-45-26)38(10)34(44)30(35(6,7)8)36-31(41)27-16-11-12-18-39(27)24(3)4/h14-15,20-21,23-24,27-30H,11-13,16-19,22H2,1-10H3,(H,36,41)/b25-21+/t27-,28?,29-,30?/m1/s1. The number of furan rings is 1. The third kappa shape index (κ3) is 8.99. The molecule has 2 unspecified atom stereocenters. The summed E-state index contributed by atoms with van der Waals surface area (Å²) in [5, 5.41) is 3.13. The van der Waals surface area contributed by atoms with Gasteiger partial charge in [-0.2, -0.15) is 0 Å². The first-order valence-corrected chi connectivity index (χ1v) is 16.6. The highest BCUT2D eigenvalue weighted by molar-refractivity contribution is 5.97. The van der Waals surface area contributed by atoms with Crippen molar-refractivity contribution in [2.24, 2.45) is 11.3 Å². The maximum atomic E-state index is 14.1. The van der Waals surface area contributed by atoms with Crippen LogP contribution >= 0.6 is 0 Å². The van der Waals surface area contributed by atoms with Gasteiger partial charge in [-0.05, 0) is 76.5 Å². The van der Waals surface area contributed by atoms with E-state index in [1.165, 1.54) is 0 Å². The van der Waals surface area contributed by atoms with E-state index in [0.717, 1.165) is 32.2 Å². The van der Waals surface area contributed by atoms with Gasteiger partial charge >= 0.3 is 0 Å². The molecule has 0 saturated carbocycles. The number of nitrogens with one attached hydrogen (secondary N) is 1. The van der Waals surface area contributed by atoms with Crippen LogP contribution in [0.3, 0.4) is 0 Å². The van der Waals surface area contributed by atoms with Crippen molar-refractivity contribution < 1.29 is 23.6 Å². The minimum atomic E-state index is -0.734. The number of amides is 4. The van der Waals surface area contributed by atoms with E-state index in [2.05, 4.69) is 24.1 Å². The van der Waals surface area contributed by atoms with Gasteiger partial charge in [-0.1, -0.05) is 47.1 Å². The summed E-state index contributed by atoms with van der Waals surface area (Å²) < 4.78 is 5.40. The third-order valence-corrected chi connectivity index (χ3v) is 9.29. The van der Waals surface area contributed by atoms with Crippen LogP contribution in [0.15, 0.2) is 34.5 Å². The lowest BCUT2D eigenvalue weighted by Crippen LogP contribution is -2.60. The Balaban J connectivity index is 1.77. The van der Waals surface area contributed by atoms with Crippen LogP contribution in [0.2, 0.25) is 0 Å². The Labute approximate surface area is 270 Å². The van der Waals surface area contributed by atoms with Gasteiger partial charge in [0.1, 0.15) is 17.8 Å². The Morgan fingerprint density at radius 1 is 1.02 bits per heavy atom. The fraction of sp³-hybridized carbons (Fsp3) is 0.714. The second-order valence-electron chi connectivity index (χ2n) is 14.6. The van der Waals surface area contributed by atoms with Crippen molar-refractivity contribution >= 4 is 23.6 Å². The number of hydrogen-bond donors (Lipinski definition) is 1. The van der Waals surface area contributed by atoms with Crippen LogP contribution in [-0.4, -0.2) is 101 Å². The number of piperidine rings is 1. The maximum Gasteiger partial charge on any atom is 0.249 e. The van der Waals surface area contributed by atoms with Gasteiger partial charge in [0.15, 0.2) is 0 Å². The molecule has 1 N–H and O–H groups in total. The zero-order valence-corrected chi connectivity index (χ0v) is 29.3. The van der Waals surface area contributed by atoms with E-state index in [1.807, 2.05) is 46.8 Å². The highest BCUT2D eigenvalue weighted by Gasteiger charge is 2.41. The smallest absolute Gasteiger partial charge is 0.249 e. The summed E-state index contributed by atoms with van der Waals surface area (Å²) in [6.45, 7) is 17.6. The van der Waals surface area contributed by atoms with Crippen LogP contribution in [0, 0.1) is 11.3 Å². The summed E-state index contributed by atoms with van der Waals surface area (Å²) in [6, 6.07) is 1.94. The number of nitrogens with zero attached hydrogens (tertiary/aromatic N) is 4. The molecule has 0 aliphatic carbocycles. The van der Waals surface area contributed by atoms with Gasteiger partial charge in [-0.3, -0.25) is 24.1 Å². The van der Waals surface area contributed by atoms with Crippen LogP contribution < -0.4 is 5.32 Å². The molecule has 2 aliphatic heterocycles. The van der Waals surface area contributed by atoms with E-state index in [-0.39, 0.29) is 47.7 Å². The quantitative estimate of drug-likeness (QED) is 0.364. The molecule has 252 valence electrons. The summed E-state index contributed by atoms with van der Waals surface area (Å²) in [4.78, 5) is 62.0. The first-order chi connectivity index (χ1) is 21.0. The minimum Gasteiger partial charge on any atom is -0.467 e. The van der Waals surface area contributed by atoms with Crippen molar-refractivity contribution in [1.29, 1.82) is 0 Å². The molecule has 0 radical (unpaired) electrons. The largest absolute Gasteiger partial charge is 0.467 e. The number of likely N-dealkylation sites (tertiary alicyclic amines) is 2. The molecular formula is C35H57N5O5. The zero-order chi connectivity index (χ0) is 33.6. The topological polar surface area (TPSA) is 106 Å². The van der Waals surface area contributed by atoms with Crippen LogP contribution in [-0.2, 0) is 25.7 Å². The van der Waals surface area contributed by atoms with E-state index in [9.17, 15) is 19.2 Å². The van der Waals surface area contributed by atoms with Crippen LogP contribution in [0.4, 0.5) is 0 Å². The van der Waals surface area contributed by atoms with Gasteiger partial charge < -0.3 is 24.4 Å². The Bertz CT molecular complexity index is 1200. The number of hydrogen-bond acceptors (Lipinski definition) is 6. The molecule has 0 spiro atoms. The molecule has 0 aromatic carbocycles. The van der Waals surface area contributed by atoms with Gasteiger partial charge in [0, 0.05) is 32.3 Å². The number of carbonyl (C=O) groups excluding carboxylic acids is 4. The SMILES string of the molecule is C/C(=C\[C@H](C(C)C)N(C)C(=O)C(NC(=O)[C@H]1CCCCN1C(C)C)C(C)(C)C)C(=O)N1CCCC1C(=O)N(C)Cc1ccco1. The summed E-state index contributed by atoms with van der Waals surface area (Å²) >= 11 is 0. The molecule has 4 atom stereocenters. The summed E-state index contributed by atoms with van der Waals surface area (Å²) in [5.74, 6) is 0.0850. The summed E-state index contributed by atoms with van der Waals surface area (Å²) in [7, 11) is 3.47. The molecule has 4 amide bonds. The predicted molar refractivity (Wildman–Crippen MR) is 176 cm³/mol. The van der Waals surface area contributed by atoms with E-state index >= 15 is 0 Å². The van der Waals surface area contributed by atoms with Gasteiger partial charge in [-0.15, -0.1) is 0 Å². The zero-order valence-electron chi connectivity index (χ0n) is 29.3. The Morgan fingerprint density at radius 2 is 1.69 bits per heavy atom. The lowest BCUT2D eigenvalue weighted by atomic mass is 9.84. The van der Waals surface area contributed by atoms with Crippen LogP contribution in [0.25, 0.3) is 0 Å². The molecule has 45 heavy (non-hydrogen) atoms. The number of likely N-dealkylation sites (N-methyl/N-ethyl adjacent to an activating group) is 2. The first kappa shape index (κ1) is 36.3. The number of rotatable bonds is 11. The summed E-state index contributed by atoms with van der Waals surface area (Å²) in [5.41, 5.74) is -0.0351. The monoisotopic (exact) mass is 627 g/mol. The number of carbonyl (C=O) groups is 4. The highest BCUT2D eigenvalue weighted by Crippen LogP contribution is 2.27. The Morgan fingerprint density at radius 3 is 2.27 bits per heavy atom. The lowest BCUT2D eigenvalue weighted by molar-refractivity contribution is -0.142. The van der Waals surface area contributed by atoms with E-state index in [4.69, 9.17) is 4.42 Å². The van der Waals surface area contributed by atoms with Crippen molar-refractivity contribution in [3.05, 3.63) is 35.8 Å². The second-order valence-corrected chi connectivity index (χ2v) is 14.6. The molecule has 2 fully saturated rings. The van der Waals surface area contributed by atoms with Crippen molar-refractivity contribution in [1.82, 2.24) is 24.9 Å². The molecule has 3 rings (SSSR count). The maximum absolute atomic E-state index is 14.1. The fourth-order valence-electron chi connectivity index (χ4n) is 6.63. The molecular weight excluding hydrogens is 570 g/mol. The van der Waals surface area contributed by atoms with Gasteiger partial charge in [0.25, 0.3) is 0 Å². The van der Waals surface area contributed by atoms with E-state index in [0.29, 0.717) is 30.8 Å². The van der Waals surface area contributed by atoms with Crippen molar-refractivity contribution in [2.45, 2.75) is 124 Å². The van der Waals surface area contributed by atoms with Crippen molar-refractivity contribution in [2.75, 3.05) is 27.2 Å². The van der Waals surface area contributed by atoms with E-state index in [1.54, 1.807) is 48.0 Å². The van der Waals surface area contributed by atoms with Crippen molar-refractivity contribution in [3.8, 4) is 0 Å². The Hall–Kier alpha value is -3.14. The summed E-state index contributed by atoms with van der Waals surface area (Å²) in [6.07, 6.45) is 7.62. The fourth-order valence-corrected chi connectivity index (χ4v) is 6.63. The Kier molecular flexibility index (Phi) is 12.5. The average molecular weight is 628 g/mol. The van der Waals surface area contributed by atoms with Gasteiger partial charge in [0.05, 0.1) is 24.9 Å². The van der Waals surface area contributed by atoms with Gasteiger partial charge in [0.2, 0.25) is 23.6 Å². The molecule has 0 bridgehead atoms. The minimum absolute atomic E-state index is 0.00299. The molecule has 2 saturated heterocycles. The first-order valence-electron chi connectivity index (χ1n) is 16.6. The average Bonchev–Trinajstić information content (AvgIpc) is 3.68. The third-order valence-electron chi connectivity index (χ3n) is 9.29. The predicted octanol–water partition coefficient (Wildman–Crippen LogP) is 4.45. The van der Waals surface area contributed by atoms with E-state index < -0.39 is 17.5 Å². The normalized spacial score (nSPS) is 21.2. The molecule has 10 heteroatoms. The molecule has 10 nitrogen and oxygen atoms in total. The molecule has 2 aliphatic rings.